The summed E-state index contributed by atoms with van der Waals surface area (Å²) in [4.78, 5) is 30.6. The summed E-state index contributed by atoms with van der Waals surface area (Å²) >= 11 is 0. The number of nitrogens with two attached hydrogens (primary N) is 1. The smallest absolute Gasteiger partial charge is 0.291 e. The molecule has 3 aromatic carbocycles. The summed E-state index contributed by atoms with van der Waals surface area (Å²) in [7, 11) is 0. The predicted octanol–water partition coefficient (Wildman–Crippen LogP) is 4.56. The third-order valence-corrected chi connectivity index (χ3v) is 7.01. The van der Waals surface area contributed by atoms with Crippen LogP contribution in [-0.2, 0) is 13.1 Å². The van der Waals surface area contributed by atoms with Gasteiger partial charge in [0, 0.05) is 50.5 Å². The highest BCUT2D eigenvalue weighted by molar-refractivity contribution is 6.05. The number of hydrogen-bond acceptors (Lipinski definition) is 6. The molecule has 200 valence electrons. The number of carbonyl (C=O) groups excluding carboxylic acids is 2. The maximum Gasteiger partial charge on any atom is 0.291 e. The number of rotatable bonds is 8. The minimum atomic E-state index is -0.365. The Labute approximate surface area is 228 Å². The molecule has 1 aliphatic heterocycles. The third-order valence-electron chi connectivity index (χ3n) is 7.01. The number of furan rings is 1. The molecule has 1 aliphatic rings. The first-order valence-electron chi connectivity index (χ1n) is 13.1. The van der Waals surface area contributed by atoms with Crippen molar-refractivity contribution in [3.8, 4) is 0 Å². The summed E-state index contributed by atoms with van der Waals surface area (Å²) < 4.78 is 5.29. The van der Waals surface area contributed by atoms with Gasteiger partial charge in [0.05, 0.1) is 17.6 Å². The molecule has 1 fully saturated rings. The van der Waals surface area contributed by atoms with Gasteiger partial charge in [-0.2, -0.15) is 0 Å². The number of nitrogens with zero attached hydrogens (tertiary/aromatic N) is 2. The van der Waals surface area contributed by atoms with E-state index in [-0.39, 0.29) is 17.6 Å². The summed E-state index contributed by atoms with van der Waals surface area (Å²) in [6.07, 6.45) is 1.46. The zero-order chi connectivity index (χ0) is 27.2. The molecule has 0 aliphatic carbocycles. The van der Waals surface area contributed by atoms with Gasteiger partial charge in [-0.15, -0.1) is 0 Å². The van der Waals surface area contributed by atoms with Gasteiger partial charge in [-0.1, -0.05) is 42.5 Å². The molecule has 0 bridgehead atoms. The van der Waals surface area contributed by atoms with Crippen molar-refractivity contribution in [2.24, 2.45) is 5.73 Å². The second-order valence-corrected chi connectivity index (χ2v) is 9.63. The Morgan fingerprint density at radius 1 is 0.821 bits per heavy atom. The van der Waals surface area contributed by atoms with Crippen LogP contribution in [0.1, 0.15) is 37.6 Å². The predicted molar refractivity (Wildman–Crippen MR) is 154 cm³/mol. The topological polar surface area (TPSA) is 104 Å². The summed E-state index contributed by atoms with van der Waals surface area (Å²) in [5, 5.41) is 5.94. The maximum absolute atomic E-state index is 13.1. The van der Waals surface area contributed by atoms with Crippen molar-refractivity contribution in [1.29, 1.82) is 0 Å². The highest BCUT2D eigenvalue weighted by atomic mass is 16.3. The van der Waals surface area contributed by atoms with Gasteiger partial charge in [-0.25, -0.2) is 0 Å². The highest BCUT2D eigenvalue weighted by Gasteiger charge is 2.23. The van der Waals surface area contributed by atoms with Gasteiger partial charge in [0.15, 0.2) is 5.76 Å². The van der Waals surface area contributed by atoms with Crippen molar-refractivity contribution < 1.29 is 14.0 Å². The molecule has 8 nitrogen and oxygen atoms in total. The molecule has 2 amide bonds. The summed E-state index contributed by atoms with van der Waals surface area (Å²) in [5.74, 6) is -0.381. The van der Waals surface area contributed by atoms with Crippen LogP contribution in [0.3, 0.4) is 0 Å². The van der Waals surface area contributed by atoms with Crippen LogP contribution in [0.4, 0.5) is 17.1 Å². The number of nitrogens with one attached hydrogen (secondary N) is 2. The van der Waals surface area contributed by atoms with E-state index in [0.29, 0.717) is 24.3 Å². The van der Waals surface area contributed by atoms with Gasteiger partial charge in [-0.05, 0) is 60.0 Å². The molecule has 8 heteroatoms. The molecule has 4 aromatic rings. The van der Waals surface area contributed by atoms with Gasteiger partial charge in [0.1, 0.15) is 0 Å². The Bertz CT molecular complexity index is 1440. The fraction of sp³-hybridized carbons (Fsp3) is 0.226. The maximum atomic E-state index is 13.1. The van der Waals surface area contributed by atoms with E-state index >= 15 is 0 Å². The van der Waals surface area contributed by atoms with Crippen LogP contribution >= 0.6 is 0 Å². The lowest BCUT2D eigenvalue weighted by atomic mass is 10.1. The van der Waals surface area contributed by atoms with Gasteiger partial charge < -0.3 is 30.6 Å². The summed E-state index contributed by atoms with van der Waals surface area (Å²) in [6, 6.07) is 24.9. The molecule has 4 N–H and O–H groups in total. The van der Waals surface area contributed by atoms with E-state index in [4.69, 9.17) is 10.2 Å². The van der Waals surface area contributed by atoms with E-state index in [2.05, 4.69) is 51.6 Å². The minimum Gasteiger partial charge on any atom is -0.459 e. The molecule has 0 spiro atoms. The Kier molecular flexibility index (Phi) is 7.94. The highest BCUT2D eigenvalue weighted by Crippen LogP contribution is 2.30. The molecule has 39 heavy (non-hydrogen) atoms. The first-order valence-corrected chi connectivity index (χ1v) is 13.1. The number of carbonyl (C=O) groups is 2. The molecule has 0 atom stereocenters. The van der Waals surface area contributed by atoms with Crippen molar-refractivity contribution in [3.05, 3.63) is 113 Å². The number of benzene rings is 3. The van der Waals surface area contributed by atoms with Gasteiger partial charge >= 0.3 is 0 Å². The van der Waals surface area contributed by atoms with Crippen LogP contribution in [0.2, 0.25) is 0 Å². The Balaban J connectivity index is 1.34. The van der Waals surface area contributed by atoms with Crippen LogP contribution in [0.25, 0.3) is 0 Å². The molecule has 0 saturated carbocycles. The van der Waals surface area contributed by atoms with E-state index in [1.165, 1.54) is 17.5 Å². The minimum absolute atomic E-state index is 0.208. The number of hydrogen-bond donors (Lipinski definition) is 3. The lowest BCUT2D eigenvalue weighted by Gasteiger charge is -2.38. The molecule has 1 aromatic heterocycles. The van der Waals surface area contributed by atoms with Crippen molar-refractivity contribution in [2.75, 3.05) is 41.3 Å². The first kappa shape index (κ1) is 26.1. The zero-order valence-electron chi connectivity index (χ0n) is 22.0. The van der Waals surface area contributed by atoms with Gasteiger partial charge in [-0.3, -0.25) is 9.59 Å². The molecule has 2 heterocycles. The molecule has 0 unspecified atom stereocenters. The number of aryl methyl sites for hydroxylation is 1. The fourth-order valence-electron chi connectivity index (χ4n) is 4.90. The van der Waals surface area contributed by atoms with Crippen LogP contribution in [0.15, 0.2) is 89.5 Å². The van der Waals surface area contributed by atoms with Crippen molar-refractivity contribution in [1.82, 2.24) is 5.32 Å². The number of piperazine rings is 1. The van der Waals surface area contributed by atoms with Crippen LogP contribution < -0.4 is 26.2 Å². The lowest BCUT2D eigenvalue weighted by Crippen LogP contribution is -2.47. The summed E-state index contributed by atoms with van der Waals surface area (Å²) in [5.41, 5.74) is 12.1. The van der Waals surface area contributed by atoms with Crippen LogP contribution in [0, 0.1) is 6.92 Å². The van der Waals surface area contributed by atoms with Crippen LogP contribution in [0.5, 0.6) is 0 Å². The number of para-hydroxylation sites is 1. The van der Waals surface area contributed by atoms with E-state index in [0.717, 1.165) is 43.0 Å². The van der Waals surface area contributed by atoms with E-state index in [1.807, 2.05) is 30.3 Å². The van der Waals surface area contributed by atoms with E-state index in [1.54, 1.807) is 24.3 Å². The third kappa shape index (κ3) is 6.13. The number of anilines is 3. The van der Waals surface area contributed by atoms with Crippen molar-refractivity contribution in [3.63, 3.8) is 0 Å². The lowest BCUT2D eigenvalue weighted by molar-refractivity contribution is 0.0949. The van der Waals surface area contributed by atoms with Gasteiger partial charge in [0.2, 0.25) is 0 Å². The normalized spacial score (nSPS) is 13.3. The molecular weight excluding hydrogens is 490 g/mol. The monoisotopic (exact) mass is 523 g/mol. The van der Waals surface area contributed by atoms with Crippen molar-refractivity contribution >= 4 is 28.9 Å². The average Bonchev–Trinajstić information content (AvgIpc) is 3.52. The van der Waals surface area contributed by atoms with E-state index in [9.17, 15) is 9.59 Å². The second kappa shape index (κ2) is 11.9. The number of amides is 2. The Morgan fingerprint density at radius 3 is 2.28 bits per heavy atom. The standard InChI is InChI=1S/C31H33N5O3/c1-22-6-2-3-9-27(22)35-13-15-36(16-14-35)28-12-11-25(19-26(28)34-31(38)29-10-5-17-39-29)30(37)33-21-24-8-4-7-23(18-24)20-32/h2-12,17-19H,13-16,20-21,32H2,1H3,(H,33,37)(H,34,38). The van der Waals surface area contributed by atoms with Crippen molar-refractivity contribution in [2.45, 2.75) is 20.0 Å². The molecular formula is C31H33N5O3. The zero-order valence-corrected chi connectivity index (χ0v) is 22.0. The Morgan fingerprint density at radius 2 is 1.56 bits per heavy atom. The van der Waals surface area contributed by atoms with Crippen LogP contribution in [-0.4, -0.2) is 38.0 Å². The first-order chi connectivity index (χ1) is 19.0. The Hall–Kier alpha value is -4.56. The molecule has 5 rings (SSSR count). The molecule has 0 radical (unpaired) electrons. The van der Waals surface area contributed by atoms with Gasteiger partial charge in [0.25, 0.3) is 11.8 Å². The largest absolute Gasteiger partial charge is 0.459 e. The second-order valence-electron chi connectivity index (χ2n) is 9.63. The SMILES string of the molecule is Cc1ccccc1N1CCN(c2ccc(C(=O)NCc3cccc(CN)c3)cc2NC(=O)c2ccco2)CC1. The average molecular weight is 524 g/mol. The fourth-order valence-corrected chi connectivity index (χ4v) is 4.90. The molecule has 1 saturated heterocycles. The quantitative estimate of drug-likeness (QED) is 0.313. The van der Waals surface area contributed by atoms with E-state index < -0.39 is 0 Å². The summed E-state index contributed by atoms with van der Waals surface area (Å²) in [6.45, 7) is 6.20.